The van der Waals surface area contributed by atoms with Crippen molar-refractivity contribution in [3.63, 3.8) is 0 Å². The minimum absolute atomic E-state index is 0.788. The van der Waals surface area contributed by atoms with Gasteiger partial charge in [-0.1, -0.05) is 13.8 Å². The Morgan fingerprint density at radius 3 is 2.50 bits per heavy atom. The van der Waals surface area contributed by atoms with Crippen molar-refractivity contribution in [2.24, 2.45) is 5.92 Å². The molecule has 0 spiro atoms. The second-order valence-corrected chi connectivity index (χ2v) is 5.00. The van der Waals surface area contributed by atoms with Gasteiger partial charge < -0.3 is 9.88 Å². The molecule has 0 unspecified atom stereocenters. The SMILES string of the molecule is CCn1c(C)cc(CNCCC(C)C)c1C. The van der Waals surface area contributed by atoms with Gasteiger partial charge in [-0.2, -0.15) is 0 Å². The predicted molar refractivity (Wildman–Crippen MR) is 70.7 cm³/mol. The van der Waals surface area contributed by atoms with Crippen molar-refractivity contribution in [1.82, 2.24) is 9.88 Å². The van der Waals surface area contributed by atoms with Crippen molar-refractivity contribution in [3.8, 4) is 0 Å². The topological polar surface area (TPSA) is 17.0 Å². The zero-order valence-corrected chi connectivity index (χ0v) is 11.4. The molecule has 92 valence electrons. The minimum Gasteiger partial charge on any atom is -0.349 e. The van der Waals surface area contributed by atoms with Crippen LogP contribution in [0.25, 0.3) is 0 Å². The summed E-state index contributed by atoms with van der Waals surface area (Å²) in [5.74, 6) is 0.788. The molecule has 2 nitrogen and oxygen atoms in total. The highest BCUT2D eigenvalue weighted by atomic mass is 15.0. The summed E-state index contributed by atoms with van der Waals surface area (Å²) in [6.45, 7) is 14.3. The number of hydrogen-bond donors (Lipinski definition) is 1. The van der Waals surface area contributed by atoms with Gasteiger partial charge in [0.25, 0.3) is 0 Å². The fourth-order valence-corrected chi connectivity index (χ4v) is 2.15. The van der Waals surface area contributed by atoms with E-state index in [0.29, 0.717) is 0 Å². The van der Waals surface area contributed by atoms with Gasteiger partial charge in [0.05, 0.1) is 0 Å². The molecule has 0 fully saturated rings. The maximum absolute atomic E-state index is 3.53. The van der Waals surface area contributed by atoms with E-state index in [1.54, 1.807) is 0 Å². The average Bonchev–Trinajstić information content (AvgIpc) is 2.48. The number of hydrogen-bond acceptors (Lipinski definition) is 1. The summed E-state index contributed by atoms with van der Waals surface area (Å²) in [6, 6.07) is 2.31. The molecule has 1 N–H and O–H groups in total. The molecule has 1 aromatic heterocycles. The Hall–Kier alpha value is -0.760. The van der Waals surface area contributed by atoms with Crippen LogP contribution < -0.4 is 5.32 Å². The van der Waals surface area contributed by atoms with Crippen LogP contribution in [-0.2, 0) is 13.1 Å². The van der Waals surface area contributed by atoms with Crippen LogP contribution in [0.15, 0.2) is 6.07 Å². The lowest BCUT2D eigenvalue weighted by Crippen LogP contribution is -2.16. The van der Waals surface area contributed by atoms with Crippen molar-refractivity contribution in [3.05, 3.63) is 23.0 Å². The molecule has 0 aliphatic rings. The van der Waals surface area contributed by atoms with E-state index in [1.165, 1.54) is 23.4 Å². The zero-order chi connectivity index (χ0) is 12.1. The van der Waals surface area contributed by atoms with Crippen molar-refractivity contribution < 1.29 is 0 Å². The van der Waals surface area contributed by atoms with Crippen LogP contribution in [0.5, 0.6) is 0 Å². The van der Waals surface area contributed by atoms with Crippen LogP contribution in [0.3, 0.4) is 0 Å². The normalized spacial score (nSPS) is 11.4. The Bertz CT molecular complexity index is 324. The molecular weight excluding hydrogens is 196 g/mol. The number of aromatic nitrogens is 1. The number of aryl methyl sites for hydroxylation is 1. The molecule has 0 saturated heterocycles. The lowest BCUT2D eigenvalue weighted by atomic mass is 10.1. The Labute approximate surface area is 100 Å². The van der Waals surface area contributed by atoms with Gasteiger partial charge in [-0.3, -0.25) is 0 Å². The maximum atomic E-state index is 3.53. The lowest BCUT2D eigenvalue weighted by molar-refractivity contribution is 0.536. The fourth-order valence-electron chi connectivity index (χ4n) is 2.15. The zero-order valence-electron chi connectivity index (χ0n) is 11.4. The van der Waals surface area contributed by atoms with Gasteiger partial charge >= 0.3 is 0 Å². The molecule has 16 heavy (non-hydrogen) atoms. The molecule has 0 aliphatic carbocycles. The van der Waals surface area contributed by atoms with Gasteiger partial charge in [-0.05, 0) is 51.3 Å². The van der Waals surface area contributed by atoms with E-state index < -0.39 is 0 Å². The average molecular weight is 222 g/mol. The van der Waals surface area contributed by atoms with Crippen LogP contribution in [0.4, 0.5) is 0 Å². The van der Waals surface area contributed by atoms with Crippen LogP contribution in [0.1, 0.15) is 44.1 Å². The first-order chi connectivity index (χ1) is 7.56. The maximum Gasteiger partial charge on any atom is 0.0223 e. The van der Waals surface area contributed by atoms with Crippen molar-refractivity contribution in [1.29, 1.82) is 0 Å². The molecule has 0 radical (unpaired) electrons. The molecule has 1 rings (SSSR count). The molecule has 0 aliphatic heterocycles. The van der Waals surface area contributed by atoms with Crippen LogP contribution in [0, 0.1) is 19.8 Å². The molecule has 0 amide bonds. The molecular formula is C14H26N2. The molecule has 0 saturated carbocycles. The number of nitrogens with zero attached hydrogens (tertiary/aromatic N) is 1. The van der Waals surface area contributed by atoms with Crippen LogP contribution >= 0.6 is 0 Å². The molecule has 1 aromatic rings. The summed E-state index contributed by atoms with van der Waals surface area (Å²) in [5.41, 5.74) is 4.24. The molecule has 2 heteroatoms. The second kappa shape index (κ2) is 6.09. The summed E-state index contributed by atoms with van der Waals surface area (Å²) in [4.78, 5) is 0. The largest absolute Gasteiger partial charge is 0.349 e. The lowest BCUT2D eigenvalue weighted by Gasteiger charge is -2.08. The first kappa shape index (κ1) is 13.3. The van der Waals surface area contributed by atoms with E-state index in [2.05, 4.69) is 50.6 Å². The van der Waals surface area contributed by atoms with Crippen LogP contribution in [0.2, 0.25) is 0 Å². The van der Waals surface area contributed by atoms with E-state index in [-0.39, 0.29) is 0 Å². The first-order valence-corrected chi connectivity index (χ1v) is 6.42. The van der Waals surface area contributed by atoms with E-state index in [1.807, 2.05) is 0 Å². The van der Waals surface area contributed by atoms with Crippen molar-refractivity contribution in [2.45, 2.75) is 54.1 Å². The Morgan fingerprint density at radius 2 is 2.00 bits per heavy atom. The van der Waals surface area contributed by atoms with E-state index >= 15 is 0 Å². The Morgan fingerprint density at radius 1 is 1.31 bits per heavy atom. The summed E-state index contributed by atoms with van der Waals surface area (Å²) >= 11 is 0. The van der Waals surface area contributed by atoms with Crippen LogP contribution in [-0.4, -0.2) is 11.1 Å². The standard InChI is InChI=1S/C14H26N2/c1-6-16-12(4)9-14(13(16)5)10-15-8-7-11(2)3/h9,11,15H,6-8,10H2,1-5H3. The third kappa shape index (κ3) is 3.38. The first-order valence-electron chi connectivity index (χ1n) is 6.42. The highest BCUT2D eigenvalue weighted by Crippen LogP contribution is 2.14. The quantitative estimate of drug-likeness (QED) is 0.731. The predicted octanol–water partition coefficient (Wildman–Crippen LogP) is 3.26. The monoisotopic (exact) mass is 222 g/mol. The minimum atomic E-state index is 0.788. The third-order valence-electron chi connectivity index (χ3n) is 3.21. The van der Waals surface area contributed by atoms with Gasteiger partial charge in [0.15, 0.2) is 0 Å². The van der Waals surface area contributed by atoms with Gasteiger partial charge in [0.1, 0.15) is 0 Å². The fraction of sp³-hybridized carbons (Fsp3) is 0.714. The summed E-state index contributed by atoms with van der Waals surface area (Å²) in [7, 11) is 0. The highest BCUT2D eigenvalue weighted by molar-refractivity contribution is 5.26. The van der Waals surface area contributed by atoms with Crippen molar-refractivity contribution in [2.75, 3.05) is 6.54 Å². The number of rotatable bonds is 6. The third-order valence-corrected chi connectivity index (χ3v) is 3.21. The molecule has 0 bridgehead atoms. The molecule has 0 aromatic carbocycles. The summed E-state index contributed by atoms with van der Waals surface area (Å²) < 4.78 is 2.37. The summed E-state index contributed by atoms with van der Waals surface area (Å²) in [6.07, 6.45) is 1.26. The van der Waals surface area contributed by atoms with E-state index in [9.17, 15) is 0 Å². The smallest absolute Gasteiger partial charge is 0.0223 e. The highest BCUT2D eigenvalue weighted by Gasteiger charge is 2.06. The van der Waals surface area contributed by atoms with E-state index in [4.69, 9.17) is 0 Å². The van der Waals surface area contributed by atoms with E-state index in [0.717, 1.165) is 25.6 Å². The van der Waals surface area contributed by atoms with Gasteiger partial charge in [0, 0.05) is 24.5 Å². The molecule has 1 heterocycles. The number of nitrogens with one attached hydrogen (secondary N) is 1. The van der Waals surface area contributed by atoms with Gasteiger partial charge in [0.2, 0.25) is 0 Å². The van der Waals surface area contributed by atoms with Gasteiger partial charge in [-0.15, -0.1) is 0 Å². The Kier molecular flexibility index (Phi) is 5.07. The second-order valence-electron chi connectivity index (χ2n) is 5.00. The Balaban J connectivity index is 2.48. The van der Waals surface area contributed by atoms with Crippen molar-refractivity contribution >= 4 is 0 Å². The summed E-state index contributed by atoms with van der Waals surface area (Å²) in [5, 5.41) is 3.53. The van der Waals surface area contributed by atoms with Gasteiger partial charge in [-0.25, -0.2) is 0 Å². The molecule has 0 atom stereocenters.